The second kappa shape index (κ2) is 8.19. The van der Waals surface area contributed by atoms with Crippen molar-refractivity contribution >= 4 is 5.97 Å². The normalized spacial score (nSPS) is 35.1. The van der Waals surface area contributed by atoms with E-state index in [1.165, 1.54) is 0 Å². The summed E-state index contributed by atoms with van der Waals surface area (Å²) in [5.41, 5.74) is -0.924. The zero-order valence-electron chi connectivity index (χ0n) is 21.2. The number of pyridine rings is 1. The Bertz CT molecular complexity index is 1190. The van der Waals surface area contributed by atoms with Crippen molar-refractivity contribution in [2.24, 2.45) is 22.7 Å². The minimum Gasteiger partial charge on any atom is -0.486 e. The van der Waals surface area contributed by atoms with E-state index in [1.807, 2.05) is 13.0 Å². The molecule has 2 saturated carbocycles. The van der Waals surface area contributed by atoms with Gasteiger partial charge >= 0.3 is 11.6 Å². The third-order valence-electron chi connectivity index (χ3n) is 9.18. The number of aromatic nitrogens is 1. The minimum atomic E-state index is -1.01. The average molecular weight is 482 g/mol. The van der Waals surface area contributed by atoms with Crippen LogP contribution in [-0.2, 0) is 9.53 Å². The van der Waals surface area contributed by atoms with E-state index >= 15 is 0 Å². The van der Waals surface area contributed by atoms with Gasteiger partial charge in [-0.25, -0.2) is 4.79 Å². The van der Waals surface area contributed by atoms with Crippen molar-refractivity contribution in [3.8, 4) is 17.1 Å². The van der Waals surface area contributed by atoms with Gasteiger partial charge in [0.15, 0.2) is 0 Å². The summed E-state index contributed by atoms with van der Waals surface area (Å²) >= 11 is 0. The summed E-state index contributed by atoms with van der Waals surface area (Å²) in [7, 11) is 0. The molecule has 0 bridgehead atoms. The highest BCUT2D eigenvalue weighted by Gasteiger charge is 2.65. The molecule has 6 atom stereocenters. The number of carbonyl (C=O) groups excluding carboxylic acids is 1. The number of nitrogens with zero attached hydrogens (tertiary/aromatic N) is 1. The number of hydrogen-bond donors (Lipinski definition) is 1. The maximum absolute atomic E-state index is 13.2. The van der Waals surface area contributed by atoms with Crippen molar-refractivity contribution in [3.63, 3.8) is 0 Å². The topological polar surface area (TPSA) is 98.9 Å². The van der Waals surface area contributed by atoms with Crippen LogP contribution in [0.5, 0.6) is 5.75 Å². The molecule has 0 saturated heterocycles. The highest BCUT2D eigenvalue weighted by atomic mass is 16.5. The summed E-state index contributed by atoms with van der Waals surface area (Å²) in [6.45, 7) is 10.4. The molecule has 188 valence electrons. The van der Waals surface area contributed by atoms with Crippen LogP contribution in [0.2, 0.25) is 0 Å². The van der Waals surface area contributed by atoms with E-state index in [1.54, 1.807) is 24.5 Å². The number of fused-ring (bicyclic) bond motifs is 4. The molecule has 3 heterocycles. The van der Waals surface area contributed by atoms with Crippen molar-refractivity contribution < 1.29 is 23.8 Å². The zero-order valence-corrected chi connectivity index (χ0v) is 21.2. The van der Waals surface area contributed by atoms with Crippen molar-refractivity contribution in [2.45, 2.75) is 84.5 Å². The number of esters is 1. The fourth-order valence-electron chi connectivity index (χ4n) is 7.58. The van der Waals surface area contributed by atoms with Crippen LogP contribution in [0, 0.1) is 22.7 Å². The molecule has 7 nitrogen and oxygen atoms in total. The number of rotatable bonds is 3. The van der Waals surface area contributed by atoms with Crippen molar-refractivity contribution in [2.75, 3.05) is 0 Å². The zero-order chi connectivity index (χ0) is 25.2. The summed E-state index contributed by atoms with van der Waals surface area (Å²) < 4.78 is 18.1. The van der Waals surface area contributed by atoms with E-state index in [-0.39, 0.29) is 40.3 Å². The first kappa shape index (κ1) is 24.0. The van der Waals surface area contributed by atoms with Crippen LogP contribution in [0.4, 0.5) is 0 Å². The SMILES string of the molecule is CCC(=O)OC1CCC2(C)C3C(O)c4c(cc(-c5cccnc5)oc4=O)OC3(C)CCC2C1(C)C. The quantitative estimate of drug-likeness (QED) is 0.612. The Labute approximate surface area is 205 Å². The molecule has 0 aromatic carbocycles. The molecule has 3 aliphatic rings. The highest BCUT2D eigenvalue weighted by molar-refractivity contribution is 5.69. The van der Waals surface area contributed by atoms with Crippen molar-refractivity contribution in [3.05, 3.63) is 46.6 Å². The summed E-state index contributed by atoms with van der Waals surface area (Å²) in [6, 6.07) is 5.30. The highest BCUT2D eigenvalue weighted by Crippen LogP contribution is 2.67. The molecule has 6 unspecified atom stereocenters. The second-order valence-electron chi connectivity index (χ2n) is 11.5. The lowest BCUT2D eigenvalue weighted by molar-refractivity contribution is -0.227. The van der Waals surface area contributed by atoms with Gasteiger partial charge in [-0.3, -0.25) is 9.78 Å². The monoisotopic (exact) mass is 481 g/mol. The molecule has 0 amide bonds. The van der Waals surface area contributed by atoms with E-state index in [4.69, 9.17) is 13.9 Å². The first-order valence-electron chi connectivity index (χ1n) is 12.7. The van der Waals surface area contributed by atoms with Crippen LogP contribution in [0.3, 0.4) is 0 Å². The first-order chi connectivity index (χ1) is 16.5. The predicted molar refractivity (Wildman–Crippen MR) is 130 cm³/mol. The summed E-state index contributed by atoms with van der Waals surface area (Å²) in [6.07, 6.45) is 5.57. The molecule has 2 aliphatic carbocycles. The fourth-order valence-corrected chi connectivity index (χ4v) is 7.58. The van der Waals surface area contributed by atoms with Crippen LogP contribution in [0.15, 0.2) is 39.8 Å². The number of hydrogen-bond acceptors (Lipinski definition) is 7. The molecule has 2 aromatic heterocycles. The lowest BCUT2D eigenvalue weighted by Gasteiger charge is -2.65. The van der Waals surface area contributed by atoms with Gasteiger partial charge in [-0.15, -0.1) is 0 Å². The lowest BCUT2D eigenvalue weighted by Crippen LogP contribution is -2.65. The largest absolute Gasteiger partial charge is 0.486 e. The van der Waals surface area contributed by atoms with Gasteiger partial charge in [0.05, 0.1) is 6.10 Å². The molecular formula is C28H35NO6. The Morgan fingerprint density at radius 3 is 2.69 bits per heavy atom. The molecule has 0 radical (unpaired) electrons. The minimum absolute atomic E-state index is 0.168. The Hall–Kier alpha value is -2.67. The lowest BCUT2D eigenvalue weighted by atomic mass is 9.43. The Kier molecular flexibility index (Phi) is 5.62. The van der Waals surface area contributed by atoms with Crippen LogP contribution in [-0.4, -0.2) is 27.8 Å². The molecule has 35 heavy (non-hydrogen) atoms. The summed E-state index contributed by atoms with van der Waals surface area (Å²) in [4.78, 5) is 29.4. The van der Waals surface area contributed by atoms with Crippen LogP contribution < -0.4 is 10.4 Å². The Morgan fingerprint density at radius 1 is 1.23 bits per heavy atom. The van der Waals surface area contributed by atoms with Gasteiger partial charge in [-0.1, -0.05) is 27.7 Å². The average Bonchev–Trinajstić information content (AvgIpc) is 2.80. The number of aliphatic hydroxyl groups is 1. The molecule has 1 N–H and O–H groups in total. The van der Waals surface area contributed by atoms with E-state index in [9.17, 15) is 14.7 Å². The number of carbonyl (C=O) groups is 1. The second-order valence-corrected chi connectivity index (χ2v) is 11.5. The maximum Gasteiger partial charge on any atom is 0.345 e. The molecular weight excluding hydrogens is 446 g/mol. The van der Waals surface area contributed by atoms with Crippen molar-refractivity contribution in [1.29, 1.82) is 0 Å². The smallest absolute Gasteiger partial charge is 0.345 e. The van der Waals surface area contributed by atoms with E-state index < -0.39 is 17.3 Å². The van der Waals surface area contributed by atoms with Gasteiger partial charge < -0.3 is 19.0 Å². The molecule has 2 aromatic rings. The van der Waals surface area contributed by atoms with Gasteiger partial charge in [0, 0.05) is 41.8 Å². The first-order valence-corrected chi connectivity index (χ1v) is 12.7. The molecule has 1 aliphatic heterocycles. The third kappa shape index (κ3) is 3.62. The van der Waals surface area contributed by atoms with Crippen LogP contribution >= 0.6 is 0 Å². The van der Waals surface area contributed by atoms with Crippen molar-refractivity contribution in [1.82, 2.24) is 4.98 Å². The Morgan fingerprint density at radius 2 is 2.00 bits per heavy atom. The molecule has 7 heteroatoms. The van der Waals surface area contributed by atoms with E-state index in [2.05, 4.69) is 32.7 Å². The summed E-state index contributed by atoms with van der Waals surface area (Å²) in [5, 5.41) is 11.8. The van der Waals surface area contributed by atoms with E-state index in [0.717, 1.165) is 19.3 Å². The third-order valence-corrected chi connectivity index (χ3v) is 9.18. The number of aliphatic hydroxyl groups excluding tert-OH is 1. The number of ether oxygens (including phenoxy) is 2. The van der Waals surface area contributed by atoms with Gasteiger partial charge in [-0.05, 0) is 56.1 Å². The van der Waals surface area contributed by atoms with Gasteiger partial charge in [0.2, 0.25) is 0 Å². The van der Waals surface area contributed by atoms with Gasteiger partial charge in [0.1, 0.15) is 28.8 Å². The molecule has 5 rings (SSSR count). The van der Waals surface area contributed by atoms with Gasteiger partial charge in [0.25, 0.3) is 0 Å². The summed E-state index contributed by atoms with van der Waals surface area (Å²) in [5.74, 6) is 0.478. The molecule has 2 fully saturated rings. The van der Waals surface area contributed by atoms with Crippen LogP contribution in [0.1, 0.15) is 78.4 Å². The van der Waals surface area contributed by atoms with Crippen LogP contribution in [0.25, 0.3) is 11.3 Å². The van der Waals surface area contributed by atoms with E-state index in [0.29, 0.717) is 29.9 Å². The Balaban J connectivity index is 1.54. The fraction of sp³-hybridized carbons (Fsp3) is 0.607. The maximum atomic E-state index is 13.2. The standard InChI is InChI=1S/C28H35NO6/c1-6-21(30)34-20-10-11-27(4)19(26(20,2)3)9-12-28(5)24(27)23(31)22-18(35-28)14-17(33-25(22)32)16-8-7-13-29-15-16/h7-8,13-15,19-20,23-24,31H,6,9-12H2,1-5H3. The molecule has 0 spiro atoms. The predicted octanol–water partition coefficient (Wildman–Crippen LogP) is 5.06. The van der Waals surface area contributed by atoms with Gasteiger partial charge in [-0.2, -0.15) is 0 Å².